The Morgan fingerprint density at radius 3 is 2.71 bits per heavy atom. The van der Waals surface area contributed by atoms with Crippen LogP contribution in [0.3, 0.4) is 0 Å². The quantitative estimate of drug-likeness (QED) is 0.762. The lowest BCUT2D eigenvalue weighted by Gasteiger charge is -2.24. The molecule has 0 bridgehead atoms. The first kappa shape index (κ1) is 14.7. The van der Waals surface area contributed by atoms with Gasteiger partial charge in [-0.1, -0.05) is 33.3 Å². The zero-order valence-corrected chi connectivity index (χ0v) is 12.0. The summed E-state index contributed by atoms with van der Waals surface area (Å²) >= 11 is 1.73. The summed E-state index contributed by atoms with van der Waals surface area (Å²) in [5.74, 6) is 0.617. The first-order valence-electron chi connectivity index (χ1n) is 6.59. The Morgan fingerprint density at radius 2 is 2.18 bits per heavy atom. The maximum Gasteiger partial charge on any atom is 0.107 e. The molecule has 0 radical (unpaired) electrons. The molecule has 1 aromatic rings. The molecule has 98 valence electrons. The van der Waals surface area contributed by atoms with E-state index in [1.807, 2.05) is 0 Å². The molecular weight excluding hydrogens is 230 g/mol. The van der Waals surface area contributed by atoms with Crippen molar-refractivity contribution in [3.05, 3.63) is 22.4 Å². The summed E-state index contributed by atoms with van der Waals surface area (Å²) in [7, 11) is 0. The monoisotopic (exact) mass is 255 g/mol. The van der Waals surface area contributed by atoms with Crippen molar-refractivity contribution < 1.29 is 4.74 Å². The zero-order chi connectivity index (χ0) is 12.7. The van der Waals surface area contributed by atoms with Crippen LogP contribution in [-0.4, -0.2) is 12.6 Å². The Morgan fingerprint density at radius 1 is 1.41 bits per heavy atom. The van der Waals surface area contributed by atoms with Crippen LogP contribution >= 0.6 is 11.3 Å². The van der Waals surface area contributed by atoms with Crippen molar-refractivity contribution in [2.45, 2.75) is 52.2 Å². The number of hydrogen-bond donors (Lipinski definition) is 1. The van der Waals surface area contributed by atoms with E-state index in [0.29, 0.717) is 5.92 Å². The van der Waals surface area contributed by atoms with Crippen LogP contribution in [0.1, 0.15) is 51.0 Å². The molecule has 3 unspecified atom stereocenters. The van der Waals surface area contributed by atoms with Crippen LogP contribution in [0.25, 0.3) is 0 Å². The highest BCUT2D eigenvalue weighted by Crippen LogP contribution is 2.27. The highest BCUT2D eigenvalue weighted by atomic mass is 32.1. The lowest BCUT2D eigenvalue weighted by Crippen LogP contribution is -2.30. The van der Waals surface area contributed by atoms with Gasteiger partial charge in [-0.25, -0.2) is 0 Å². The first-order chi connectivity index (χ1) is 8.19. The van der Waals surface area contributed by atoms with Gasteiger partial charge in [-0.15, -0.1) is 11.3 Å². The van der Waals surface area contributed by atoms with E-state index in [1.165, 1.54) is 17.7 Å². The normalized spacial score (nSPS) is 16.7. The number of rotatable bonds is 8. The maximum absolute atomic E-state index is 6.15. The van der Waals surface area contributed by atoms with E-state index < -0.39 is 0 Å². The van der Waals surface area contributed by atoms with Gasteiger partial charge in [-0.05, 0) is 30.2 Å². The van der Waals surface area contributed by atoms with Crippen LogP contribution in [0.15, 0.2) is 17.5 Å². The molecule has 0 aliphatic rings. The minimum absolute atomic E-state index is 0.0688. The predicted octanol–water partition coefficient (Wildman–Crippen LogP) is 3.98. The van der Waals surface area contributed by atoms with Gasteiger partial charge in [0.15, 0.2) is 0 Å². The van der Waals surface area contributed by atoms with Crippen LogP contribution in [0.5, 0.6) is 0 Å². The van der Waals surface area contributed by atoms with Gasteiger partial charge in [0.2, 0.25) is 0 Å². The van der Waals surface area contributed by atoms with Gasteiger partial charge in [0.25, 0.3) is 0 Å². The molecule has 0 aliphatic heterocycles. The molecule has 0 aromatic carbocycles. The Balaban J connectivity index is 2.53. The number of hydrogen-bond acceptors (Lipinski definition) is 3. The largest absolute Gasteiger partial charge is 0.371 e. The minimum Gasteiger partial charge on any atom is -0.371 e. The molecule has 0 saturated heterocycles. The third kappa shape index (κ3) is 4.78. The van der Waals surface area contributed by atoms with Gasteiger partial charge < -0.3 is 10.5 Å². The average Bonchev–Trinajstić information content (AvgIpc) is 2.83. The fourth-order valence-corrected chi connectivity index (χ4v) is 2.78. The van der Waals surface area contributed by atoms with Crippen LogP contribution in [-0.2, 0) is 4.74 Å². The number of ether oxygens (including phenoxy) is 1. The highest BCUT2D eigenvalue weighted by Gasteiger charge is 2.20. The average molecular weight is 255 g/mol. The zero-order valence-electron chi connectivity index (χ0n) is 11.2. The van der Waals surface area contributed by atoms with E-state index in [1.54, 1.807) is 11.3 Å². The molecule has 1 aromatic heterocycles. The van der Waals surface area contributed by atoms with Crippen LogP contribution in [0.4, 0.5) is 0 Å². The maximum atomic E-state index is 6.15. The third-order valence-corrected chi connectivity index (χ3v) is 3.96. The van der Waals surface area contributed by atoms with Crippen LogP contribution < -0.4 is 5.73 Å². The summed E-state index contributed by atoms with van der Waals surface area (Å²) in [5.41, 5.74) is 6.15. The molecule has 0 aliphatic carbocycles. The molecule has 0 fully saturated rings. The molecule has 0 amide bonds. The van der Waals surface area contributed by atoms with Gasteiger partial charge >= 0.3 is 0 Å². The molecule has 1 rings (SSSR count). The Bertz CT molecular complexity index is 286. The summed E-state index contributed by atoms with van der Waals surface area (Å²) in [4.78, 5) is 1.25. The second-order valence-corrected chi connectivity index (χ2v) is 5.71. The number of thiophene rings is 1. The first-order valence-corrected chi connectivity index (χ1v) is 7.47. The van der Waals surface area contributed by atoms with Gasteiger partial charge in [0, 0.05) is 10.9 Å². The van der Waals surface area contributed by atoms with Crippen molar-refractivity contribution in [1.82, 2.24) is 0 Å². The SMILES string of the molecule is CCCC(C)COC(c1cccs1)C(N)CC. The van der Waals surface area contributed by atoms with Gasteiger partial charge in [-0.3, -0.25) is 0 Å². The lowest BCUT2D eigenvalue weighted by molar-refractivity contribution is 0.0153. The van der Waals surface area contributed by atoms with Crippen molar-refractivity contribution in [3.8, 4) is 0 Å². The molecule has 1 heterocycles. The predicted molar refractivity (Wildman–Crippen MR) is 75.4 cm³/mol. The smallest absolute Gasteiger partial charge is 0.107 e. The van der Waals surface area contributed by atoms with Crippen molar-refractivity contribution in [2.75, 3.05) is 6.61 Å². The topological polar surface area (TPSA) is 35.2 Å². The third-order valence-electron chi connectivity index (χ3n) is 3.03. The number of nitrogens with two attached hydrogens (primary N) is 1. The Labute approximate surface area is 109 Å². The Kier molecular flexibility index (Phi) is 6.78. The van der Waals surface area contributed by atoms with E-state index in [4.69, 9.17) is 10.5 Å². The summed E-state index contributed by atoms with van der Waals surface area (Å²) in [6.07, 6.45) is 3.45. The van der Waals surface area contributed by atoms with Crippen molar-refractivity contribution >= 4 is 11.3 Å². The Hall–Kier alpha value is -0.380. The van der Waals surface area contributed by atoms with E-state index in [2.05, 4.69) is 38.3 Å². The summed E-state index contributed by atoms with van der Waals surface area (Å²) in [6, 6.07) is 4.28. The standard InChI is InChI=1S/C14H25NOS/c1-4-7-11(3)10-16-14(12(15)5-2)13-8-6-9-17-13/h6,8-9,11-12,14H,4-5,7,10,15H2,1-3H3. The van der Waals surface area contributed by atoms with Gasteiger partial charge in [-0.2, -0.15) is 0 Å². The molecule has 0 saturated carbocycles. The molecule has 2 N–H and O–H groups in total. The van der Waals surface area contributed by atoms with E-state index in [0.717, 1.165) is 13.0 Å². The van der Waals surface area contributed by atoms with Crippen molar-refractivity contribution in [2.24, 2.45) is 11.7 Å². The van der Waals surface area contributed by atoms with Gasteiger partial charge in [0.05, 0.1) is 6.61 Å². The van der Waals surface area contributed by atoms with E-state index in [-0.39, 0.29) is 12.1 Å². The fourth-order valence-electron chi connectivity index (χ4n) is 1.93. The minimum atomic E-state index is 0.0688. The fraction of sp³-hybridized carbons (Fsp3) is 0.714. The molecule has 0 spiro atoms. The summed E-state index contributed by atoms with van der Waals surface area (Å²) in [6.45, 7) is 7.38. The molecule has 3 atom stereocenters. The summed E-state index contributed by atoms with van der Waals surface area (Å²) in [5, 5.41) is 2.09. The summed E-state index contributed by atoms with van der Waals surface area (Å²) < 4.78 is 6.04. The van der Waals surface area contributed by atoms with E-state index >= 15 is 0 Å². The van der Waals surface area contributed by atoms with Crippen molar-refractivity contribution in [3.63, 3.8) is 0 Å². The molecular formula is C14H25NOS. The molecule has 17 heavy (non-hydrogen) atoms. The lowest BCUT2D eigenvalue weighted by atomic mass is 10.1. The van der Waals surface area contributed by atoms with E-state index in [9.17, 15) is 0 Å². The highest BCUT2D eigenvalue weighted by molar-refractivity contribution is 7.10. The molecule has 2 nitrogen and oxygen atoms in total. The van der Waals surface area contributed by atoms with Crippen LogP contribution in [0, 0.1) is 5.92 Å². The van der Waals surface area contributed by atoms with Crippen LogP contribution in [0.2, 0.25) is 0 Å². The molecule has 3 heteroatoms. The van der Waals surface area contributed by atoms with Crippen molar-refractivity contribution in [1.29, 1.82) is 0 Å². The second-order valence-electron chi connectivity index (χ2n) is 4.74. The second kappa shape index (κ2) is 7.85. The van der Waals surface area contributed by atoms with Gasteiger partial charge in [0.1, 0.15) is 6.10 Å².